The van der Waals surface area contributed by atoms with Crippen LogP contribution in [0.25, 0.3) is 0 Å². The van der Waals surface area contributed by atoms with E-state index in [2.05, 4.69) is 4.90 Å². The van der Waals surface area contributed by atoms with Crippen molar-refractivity contribution in [2.45, 2.75) is 32.2 Å². The van der Waals surface area contributed by atoms with Gasteiger partial charge in [0.2, 0.25) is 0 Å². The van der Waals surface area contributed by atoms with E-state index in [0.717, 1.165) is 28.2 Å². The molecule has 8 nitrogen and oxygen atoms in total. The fourth-order valence-corrected chi connectivity index (χ4v) is 4.37. The van der Waals surface area contributed by atoms with Crippen LogP contribution < -0.4 is 24.7 Å². The third-order valence-corrected chi connectivity index (χ3v) is 6.60. The molecule has 41 heavy (non-hydrogen) atoms. The molecule has 0 aliphatic carbocycles. The summed E-state index contributed by atoms with van der Waals surface area (Å²) in [6, 6.07) is 29.9. The maximum Gasteiger partial charge on any atom is 0.320 e. The third-order valence-electron chi connectivity index (χ3n) is 6.60. The number of hydrogen-bond acceptors (Lipinski definition) is 7. The molecule has 4 aromatic carbocycles. The minimum absolute atomic E-state index is 0.293. The number of carbonyl (C=O) groups is 1. The lowest BCUT2D eigenvalue weighted by Gasteiger charge is -2.25. The molecule has 8 heteroatoms. The molecule has 3 N–H and O–H groups in total. The number of ether oxygens (including phenoxy) is 4. The second-order valence-electron chi connectivity index (χ2n) is 9.58. The molecule has 0 unspecified atom stereocenters. The summed E-state index contributed by atoms with van der Waals surface area (Å²) in [5, 5.41) is 9.38. The van der Waals surface area contributed by atoms with Crippen LogP contribution in [0.1, 0.15) is 23.1 Å². The Morgan fingerprint density at radius 2 is 1.37 bits per heavy atom. The van der Waals surface area contributed by atoms with Crippen LogP contribution in [-0.2, 0) is 24.5 Å². The van der Waals surface area contributed by atoms with Gasteiger partial charge in [-0.3, -0.25) is 9.69 Å². The molecule has 0 saturated carbocycles. The summed E-state index contributed by atoms with van der Waals surface area (Å²) in [6.07, 6.45) is 0.293. The van der Waals surface area contributed by atoms with E-state index < -0.39 is 12.0 Å². The highest BCUT2D eigenvalue weighted by Crippen LogP contribution is 2.30. The van der Waals surface area contributed by atoms with Gasteiger partial charge in [0.25, 0.3) is 0 Å². The zero-order chi connectivity index (χ0) is 29.0. The first-order valence-electron chi connectivity index (χ1n) is 13.4. The van der Waals surface area contributed by atoms with Gasteiger partial charge in [0, 0.05) is 36.8 Å². The second-order valence-corrected chi connectivity index (χ2v) is 9.58. The van der Waals surface area contributed by atoms with Crippen LogP contribution in [0, 0.1) is 0 Å². The molecule has 0 heterocycles. The van der Waals surface area contributed by atoms with Gasteiger partial charge in [0.1, 0.15) is 41.4 Å². The van der Waals surface area contributed by atoms with Gasteiger partial charge in [0.05, 0.1) is 14.2 Å². The monoisotopic (exact) mass is 556 g/mol. The van der Waals surface area contributed by atoms with E-state index in [9.17, 15) is 9.90 Å². The van der Waals surface area contributed by atoms with Crippen molar-refractivity contribution in [3.63, 3.8) is 0 Å². The van der Waals surface area contributed by atoms with Crippen LogP contribution in [0.2, 0.25) is 0 Å². The predicted molar refractivity (Wildman–Crippen MR) is 158 cm³/mol. The van der Waals surface area contributed by atoms with Crippen molar-refractivity contribution >= 4 is 5.97 Å². The molecule has 0 amide bonds. The smallest absolute Gasteiger partial charge is 0.320 e. The summed E-state index contributed by atoms with van der Waals surface area (Å²) in [7, 11) is 3.25. The van der Waals surface area contributed by atoms with Crippen molar-refractivity contribution in [2.24, 2.45) is 5.73 Å². The van der Waals surface area contributed by atoms with Crippen molar-refractivity contribution in [3.8, 4) is 28.7 Å². The number of methoxy groups -OCH3 is 2. The lowest BCUT2D eigenvalue weighted by molar-refractivity contribution is -0.138. The highest BCUT2D eigenvalue weighted by atomic mass is 16.5. The Kier molecular flexibility index (Phi) is 10.6. The molecule has 0 saturated heterocycles. The molecule has 0 aliphatic heterocycles. The Labute approximate surface area is 240 Å². The van der Waals surface area contributed by atoms with Gasteiger partial charge in [-0.15, -0.1) is 0 Å². The molecular weight excluding hydrogens is 520 g/mol. The van der Waals surface area contributed by atoms with Crippen molar-refractivity contribution in [2.75, 3.05) is 20.8 Å². The summed E-state index contributed by atoms with van der Waals surface area (Å²) >= 11 is 0. The second kappa shape index (κ2) is 14.7. The summed E-state index contributed by atoms with van der Waals surface area (Å²) in [4.78, 5) is 13.6. The maximum atomic E-state index is 11.5. The molecule has 0 fully saturated rings. The van der Waals surface area contributed by atoms with Crippen molar-refractivity contribution in [1.82, 2.24) is 4.90 Å². The Morgan fingerprint density at radius 3 is 2.05 bits per heavy atom. The minimum Gasteiger partial charge on any atom is -0.497 e. The van der Waals surface area contributed by atoms with E-state index in [1.807, 2.05) is 97.1 Å². The highest BCUT2D eigenvalue weighted by Gasteiger charge is 2.18. The van der Waals surface area contributed by atoms with Crippen LogP contribution in [0.5, 0.6) is 28.7 Å². The number of para-hydroxylation sites is 2. The fourth-order valence-electron chi connectivity index (χ4n) is 4.37. The first kappa shape index (κ1) is 29.5. The summed E-state index contributed by atoms with van der Waals surface area (Å²) in [5.74, 6) is 2.57. The number of benzene rings is 4. The zero-order valence-corrected chi connectivity index (χ0v) is 23.4. The van der Waals surface area contributed by atoms with Gasteiger partial charge < -0.3 is 29.8 Å². The quantitative estimate of drug-likeness (QED) is 0.187. The van der Waals surface area contributed by atoms with Crippen molar-refractivity contribution in [1.29, 1.82) is 0 Å². The van der Waals surface area contributed by atoms with Gasteiger partial charge in [-0.1, -0.05) is 54.6 Å². The van der Waals surface area contributed by atoms with Crippen LogP contribution >= 0.6 is 0 Å². The van der Waals surface area contributed by atoms with Crippen LogP contribution in [0.3, 0.4) is 0 Å². The van der Waals surface area contributed by atoms with Gasteiger partial charge >= 0.3 is 5.97 Å². The molecule has 4 aromatic rings. The molecule has 0 aliphatic rings. The van der Waals surface area contributed by atoms with E-state index in [1.54, 1.807) is 14.2 Å². The number of rotatable bonds is 15. The van der Waals surface area contributed by atoms with Crippen LogP contribution in [0.4, 0.5) is 0 Å². The Balaban J connectivity index is 1.54. The molecule has 0 aromatic heterocycles. The molecule has 0 radical (unpaired) electrons. The van der Waals surface area contributed by atoms with E-state index >= 15 is 0 Å². The minimum atomic E-state index is -1.02. The Morgan fingerprint density at radius 1 is 0.780 bits per heavy atom. The summed E-state index contributed by atoms with van der Waals surface area (Å²) < 4.78 is 23.1. The number of aliphatic carboxylic acids is 1. The normalized spacial score (nSPS) is 11.6. The number of nitrogens with two attached hydrogens (primary N) is 1. The van der Waals surface area contributed by atoms with E-state index in [-0.39, 0.29) is 0 Å². The first-order valence-corrected chi connectivity index (χ1v) is 13.4. The van der Waals surface area contributed by atoms with Crippen molar-refractivity contribution < 1.29 is 28.8 Å². The number of carboxylic acid groups (broad SMARTS) is 1. The lowest BCUT2D eigenvalue weighted by Crippen LogP contribution is -2.35. The SMILES string of the molecule is COc1cccc(COc2ccccc2CN(CC[C@H](N)C(=O)O)Cc2ccccc2Oc2cccc(OC)c2)c1. The average molecular weight is 557 g/mol. The lowest BCUT2D eigenvalue weighted by atomic mass is 10.1. The summed E-state index contributed by atoms with van der Waals surface area (Å²) in [5.41, 5.74) is 8.80. The van der Waals surface area contributed by atoms with Crippen LogP contribution in [0.15, 0.2) is 97.1 Å². The standard InChI is InChI=1S/C33H36N2O6/c1-38-27-12-7-9-24(19-27)23-40-31-15-5-3-10-25(31)21-35(18-17-30(34)33(36)37)22-26-11-4-6-16-32(26)41-29-14-8-13-28(20-29)39-2/h3-16,19-20,30H,17-18,21-23,34H2,1-2H3,(H,36,37)/t30-/m0/s1. The van der Waals surface area contributed by atoms with E-state index in [0.29, 0.717) is 49.9 Å². The summed E-state index contributed by atoms with van der Waals surface area (Å²) in [6.45, 7) is 1.88. The average Bonchev–Trinajstić information content (AvgIpc) is 3.00. The first-order chi connectivity index (χ1) is 19.9. The highest BCUT2D eigenvalue weighted by molar-refractivity contribution is 5.73. The number of carboxylic acids is 1. The molecule has 214 valence electrons. The Hall–Kier alpha value is -4.53. The van der Waals surface area contributed by atoms with Gasteiger partial charge in [0.15, 0.2) is 0 Å². The van der Waals surface area contributed by atoms with Crippen molar-refractivity contribution in [3.05, 3.63) is 114 Å². The zero-order valence-electron chi connectivity index (χ0n) is 23.4. The molecule has 1 atom stereocenters. The molecule has 4 rings (SSSR count). The third kappa shape index (κ3) is 8.73. The largest absolute Gasteiger partial charge is 0.497 e. The van der Waals surface area contributed by atoms with E-state index in [1.165, 1.54) is 0 Å². The fraction of sp³-hybridized carbons (Fsp3) is 0.242. The maximum absolute atomic E-state index is 11.5. The topological polar surface area (TPSA) is 103 Å². The van der Waals surface area contributed by atoms with Crippen LogP contribution in [-0.4, -0.2) is 42.8 Å². The predicted octanol–water partition coefficient (Wildman–Crippen LogP) is 5.88. The molecule has 0 spiro atoms. The Bertz CT molecular complexity index is 1430. The number of hydrogen-bond donors (Lipinski definition) is 2. The molecular formula is C33H36N2O6. The molecule has 0 bridgehead atoms. The number of nitrogens with zero attached hydrogens (tertiary/aromatic N) is 1. The van der Waals surface area contributed by atoms with E-state index in [4.69, 9.17) is 24.7 Å². The van der Waals surface area contributed by atoms with Gasteiger partial charge in [-0.25, -0.2) is 0 Å². The van der Waals surface area contributed by atoms with Gasteiger partial charge in [-0.05, 0) is 48.4 Å². The van der Waals surface area contributed by atoms with Gasteiger partial charge in [-0.2, -0.15) is 0 Å².